The molecule has 0 spiro atoms. The van der Waals surface area contributed by atoms with E-state index in [4.69, 9.17) is 0 Å². The molecule has 2 aliphatic carbocycles. The zero-order valence-electron chi connectivity index (χ0n) is 13.5. The van der Waals surface area contributed by atoms with Gasteiger partial charge in [-0.25, -0.2) is 0 Å². The predicted molar refractivity (Wildman–Crippen MR) is 89.4 cm³/mol. The second-order valence-electron chi connectivity index (χ2n) is 6.32. The number of amides is 2. The zero-order chi connectivity index (χ0) is 17.4. The minimum absolute atomic E-state index is 0.0670. The number of carboxylic acids is 1. The lowest BCUT2D eigenvalue weighted by molar-refractivity contribution is -0.148. The highest BCUT2D eigenvalue weighted by atomic mass is 32.1. The van der Waals surface area contributed by atoms with E-state index in [1.165, 1.54) is 11.3 Å². The number of aryl methyl sites for hydroxylation is 1. The fraction of sp³-hybridized carbons (Fsp3) is 0.471. The van der Waals surface area contributed by atoms with Gasteiger partial charge in [-0.1, -0.05) is 19.1 Å². The van der Waals surface area contributed by atoms with Crippen LogP contribution < -0.4 is 10.9 Å². The summed E-state index contributed by atoms with van der Waals surface area (Å²) in [6.45, 7) is 3.93. The van der Waals surface area contributed by atoms with Crippen LogP contribution in [0.3, 0.4) is 0 Å². The summed E-state index contributed by atoms with van der Waals surface area (Å²) in [4.78, 5) is 37.2. The maximum Gasteiger partial charge on any atom is 0.307 e. The molecule has 6 nitrogen and oxygen atoms in total. The lowest BCUT2D eigenvalue weighted by atomic mass is 9.82. The maximum atomic E-state index is 12.4. The van der Waals surface area contributed by atoms with E-state index in [-0.39, 0.29) is 17.7 Å². The first kappa shape index (κ1) is 16.7. The highest BCUT2D eigenvalue weighted by Gasteiger charge is 2.51. The number of allylic oxidation sites excluding steroid dienone is 2. The number of thiophene rings is 1. The maximum absolute atomic E-state index is 12.4. The van der Waals surface area contributed by atoms with E-state index in [0.29, 0.717) is 12.0 Å². The number of rotatable bonds is 4. The summed E-state index contributed by atoms with van der Waals surface area (Å²) >= 11 is 1.50. The summed E-state index contributed by atoms with van der Waals surface area (Å²) in [5.74, 6) is -3.26. The molecule has 3 rings (SSSR count). The fourth-order valence-electron chi connectivity index (χ4n) is 3.89. The molecule has 7 heteroatoms. The first-order chi connectivity index (χ1) is 11.4. The van der Waals surface area contributed by atoms with Crippen molar-refractivity contribution in [2.45, 2.75) is 26.7 Å². The standard InChI is InChI=1S/C17H20N2O4S/c1-3-11-8(2)24-7-12(11)15(20)18-19-16(21)13-9-4-5-10(6-9)14(13)17(22)23/h4-5,7,9-10,13-14H,3,6H2,1-2H3,(H,18,20)(H,19,21)(H,22,23). The Morgan fingerprint density at radius 1 is 1.21 bits per heavy atom. The number of nitrogens with one attached hydrogen (secondary N) is 2. The number of hydrazine groups is 1. The molecule has 1 fully saturated rings. The Hall–Kier alpha value is -2.15. The van der Waals surface area contributed by atoms with Gasteiger partial charge in [-0.05, 0) is 37.2 Å². The van der Waals surface area contributed by atoms with E-state index in [0.717, 1.165) is 16.9 Å². The van der Waals surface area contributed by atoms with Crippen molar-refractivity contribution >= 4 is 29.1 Å². The molecule has 2 aliphatic rings. The summed E-state index contributed by atoms with van der Waals surface area (Å²) in [7, 11) is 0. The molecule has 128 valence electrons. The van der Waals surface area contributed by atoms with Gasteiger partial charge < -0.3 is 5.11 Å². The van der Waals surface area contributed by atoms with Crippen molar-refractivity contribution in [2.24, 2.45) is 23.7 Å². The molecular weight excluding hydrogens is 328 g/mol. The lowest BCUT2D eigenvalue weighted by Gasteiger charge is -2.23. The van der Waals surface area contributed by atoms with E-state index < -0.39 is 23.7 Å². The van der Waals surface area contributed by atoms with Crippen LogP contribution in [-0.4, -0.2) is 22.9 Å². The Kier molecular flexibility index (Phi) is 4.45. The van der Waals surface area contributed by atoms with Crippen LogP contribution in [0.4, 0.5) is 0 Å². The molecule has 1 aromatic heterocycles. The van der Waals surface area contributed by atoms with Crippen LogP contribution in [0.2, 0.25) is 0 Å². The Morgan fingerprint density at radius 3 is 2.50 bits per heavy atom. The minimum Gasteiger partial charge on any atom is -0.481 e. The summed E-state index contributed by atoms with van der Waals surface area (Å²) < 4.78 is 0. The van der Waals surface area contributed by atoms with E-state index in [9.17, 15) is 19.5 Å². The molecule has 1 aromatic rings. The number of hydrogen-bond acceptors (Lipinski definition) is 4. The van der Waals surface area contributed by atoms with Gasteiger partial charge in [0.1, 0.15) is 0 Å². The van der Waals surface area contributed by atoms with Crippen LogP contribution in [0.25, 0.3) is 0 Å². The van der Waals surface area contributed by atoms with Crippen molar-refractivity contribution in [2.75, 3.05) is 0 Å². The van der Waals surface area contributed by atoms with Gasteiger partial charge in [-0.15, -0.1) is 11.3 Å². The van der Waals surface area contributed by atoms with Gasteiger partial charge in [-0.2, -0.15) is 0 Å². The van der Waals surface area contributed by atoms with Crippen LogP contribution >= 0.6 is 11.3 Å². The number of fused-ring (bicyclic) bond motifs is 2. The minimum atomic E-state index is -0.958. The topological polar surface area (TPSA) is 95.5 Å². The molecule has 24 heavy (non-hydrogen) atoms. The fourth-order valence-corrected chi connectivity index (χ4v) is 4.84. The van der Waals surface area contributed by atoms with Crippen LogP contribution in [0.5, 0.6) is 0 Å². The monoisotopic (exact) mass is 348 g/mol. The molecule has 4 atom stereocenters. The molecule has 0 saturated heterocycles. The molecule has 1 saturated carbocycles. The third-order valence-corrected chi connectivity index (χ3v) is 6.00. The number of carbonyl (C=O) groups excluding carboxylic acids is 2. The second kappa shape index (κ2) is 6.39. The van der Waals surface area contributed by atoms with Crippen LogP contribution in [0, 0.1) is 30.6 Å². The predicted octanol–water partition coefficient (Wildman–Crippen LogP) is 1.90. The van der Waals surface area contributed by atoms with Crippen molar-refractivity contribution in [1.82, 2.24) is 10.9 Å². The molecule has 0 aromatic carbocycles. The summed E-state index contributed by atoms with van der Waals surface area (Å²) in [6, 6.07) is 0. The first-order valence-corrected chi connectivity index (χ1v) is 8.90. The van der Waals surface area contributed by atoms with E-state index in [2.05, 4.69) is 10.9 Å². The van der Waals surface area contributed by atoms with Gasteiger partial charge in [0.2, 0.25) is 5.91 Å². The number of aliphatic carboxylic acids is 1. The van der Waals surface area contributed by atoms with Gasteiger partial charge in [0.25, 0.3) is 5.91 Å². The highest BCUT2D eigenvalue weighted by molar-refractivity contribution is 7.10. The van der Waals surface area contributed by atoms with Crippen molar-refractivity contribution in [3.05, 3.63) is 33.5 Å². The molecule has 2 amide bonds. The van der Waals surface area contributed by atoms with Crippen molar-refractivity contribution in [3.63, 3.8) is 0 Å². The van der Waals surface area contributed by atoms with E-state index in [1.54, 1.807) is 5.38 Å². The molecule has 1 heterocycles. The summed E-state index contributed by atoms with van der Waals surface area (Å²) in [5, 5.41) is 11.2. The van der Waals surface area contributed by atoms with Gasteiger partial charge in [-0.3, -0.25) is 25.2 Å². The number of carboxylic acid groups (broad SMARTS) is 1. The first-order valence-electron chi connectivity index (χ1n) is 8.02. The van der Waals surface area contributed by atoms with Gasteiger partial charge in [0.15, 0.2) is 0 Å². The smallest absolute Gasteiger partial charge is 0.307 e. The average Bonchev–Trinajstić information content (AvgIpc) is 3.25. The SMILES string of the molecule is CCc1c(C(=O)NNC(=O)C2C3C=CC(C3)C2C(=O)O)csc1C. The van der Waals surface area contributed by atoms with Crippen molar-refractivity contribution < 1.29 is 19.5 Å². The van der Waals surface area contributed by atoms with Crippen LogP contribution in [-0.2, 0) is 16.0 Å². The Balaban J connectivity index is 1.66. The van der Waals surface area contributed by atoms with Crippen LogP contribution in [0.15, 0.2) is 17.5 Å². The summed E-state index contributed by atoms with van der Waals surface area (Å²) in [5.41, 5.74) is 6.38. The van der Waals surface area contributed by atoms with E-state index in [1.807, 2.05) is 26.0 Å². The molecule has 0 aliphatic heterocycles. The number of carbonyl (C=O) groups is 3. The molecular formula is C17H20N2O4S. The lowest BCUT2D eigenvalue weighted by Crippen LogP contribution is -2.48. The Bertz CT molecular complexity index is 724. The third-order valence-electron chi connectivity index (χ3n) is 5.05. The average molecular weight is 348 g/mol. The molecule has 0 radical (unpaired) electrons. The van der Waals surface area contributed by atoms with Crippen molar-refractivity contribution in [1.29, 1.82) is 0 Å². The van der Waals surface area contributed by atoms with Gasteiger partial charge >= 0.3 is 5.97 Å². The van der Waals surface area contributed by atoms with Crippen LogP contribution in [0.1, 0.15) is 34.1 Å². The Morgan fingerprint density at radius 2 is 1.88 bits per heavy atom. The summed E-state index contributed by atoms with van der Waals surface area (Å²) in [6.07, 6.45) is 5.22. The molecule has 3 N–H and O–H groups in total. The van der Waals surface area contributed by atoms with E-state index >= 15 is 0 Å². The second-order valence-corrected chi connectivity index (χ2v) is 7.40. The largest absolute Gasteiger partial charge is 0.481 e. The number of hydrogen-bond donors (Lipinski definition) is 3. The Labute approximate surface area is 143 Å². The zero-order valence-corrected chi connectivity index (χ0v) is 14.4. The molecule has 4 unspecified atom stereocenters. The quantitative estimate of drug-likeness (QED) is 0.572. The molecule has 2 bridgehead atoms. The van der Waals surface area contributed by atoms with Gasteiger partial charge in [0, 0.05) is 10.3 Å². The highest BCUT2D eigenvalue weighted by Crippen LogP contribution is 2.48. The normalized spacial score (nSPS) is 27.2. The van der Waals surface area contributed by atoms with Gasteiger partial charge in [0.05, 0.1) is 17.4 Å². The van der Waals surface area contributed by atoms with Crippen molar-refractivity contribution in [3.8, 4) is 0 Å². The third kappa shape index (κ3) is 2.73.